The molecule has 0 unspecified atom stereocenters. The summed E-state index contributed by atoms with van der Waals surface area (Å²) in [7, 11) is 1.54. The minimum Gasteiger partial charge on any atom is -0.495 e. The number of rotatable bonds is 6. The van der Waals surface area contributed by atoms with Crippen LogP contribution < -0.4 is 14.8 Å². The number of anilines is 1. The van der Waals surface area contributed by atoms with Crippen LogP contribution in [0.5, 0.6) is 11.5 Å². The second-order valence-corrected chi connectivity index (χ2v) is 6.11. The molecule has 0 spiro atoms. The number of carbonyl (C=O) groups excluding carboxylic acids is 1. The smallest absolute Gasteiger partial charge is 0.262 e. The van der Waals surface area contributed by atoms with E-state index in [1.807, 2.05) is 25.1 Å². The van der Waals surface area contributed by atoms with Gasteiger partial charge in [-0.1, -0.05) is 34.5 Å². The minimum absolute atomic E-state index is 0.0712. The lowest BCUT2D eigenvalue weighted by Crippen LogP contribution is -2.20. The van der Waals surface area contributed by atoms with Crippen molar-refractivity contribution in [3.63, 3.8) is 0 Å². The number of benzene rings is 2. The first-order valence-corrected chi connectivity index (χ1v) is 8.25. The molecule has 2 rings (SSSR count). The average molecular weight is 399 g/mol. The number of hydrogen-bond acceptors (Lipinski definition) is 3. The van der Waals surface area contributed by atoms with Crippen molar-refractivity contribution in [2.24, 2.45) is 0 Å². The van der Waals surface area contributed by atoms with E-state index in [1.165, 1.54) is 7.11 Å². The third-order valence-electron chi connectivity index (χ3n) is 3.20. The first kappa shape index (κ1) is 17.6. The SMILES string of the molecule is CCc1cc(Br)ccc1OCC(=O)Nc1ccc(OC)c(Cl)c1. The second-order valence-electron chi connectivity index (χ2n) is 4.79. The summed E-state index contributed by atoms with van der Waals surface area (Å²) >= 11 is 9.45. The van der Waals surface area contributed by atoms with Gasteiger partial charge in [-0.3, -0.25) is 4.79 Å². The highest BCUT2D eigenvalue weighted by Gasteiger charge is 2.08. The molecular weight excluding hydrogens is 382 g/mol. The largest absolute Gasteiger partial charge is 0.495 e. The zero-order valence-corrected chi connectivity index (χ0v) is 15.2. The Balaban J connectivity index is 1.96. The van der Waals surface area contributed by atoms with Gasteiger partial charge in [0.05, 0.1) is 12.1 Å². The fourth-order valence-corrected chi connectivity index (χ4v) is 2.72. The number of ether oxygens (including phenoxy) is 2. The van der Waals surface area contributed by atoms with Gasteiger partial charge in [0, 0.05) is 10.2 Å². The molecule has 1 N–H and O–H groups in total. The summed E-state index contributed by atoms with van der Waals surface area (Å²) in [5, 5.41) is 3.18. The highest BCUT2D eigenvalue weighted by Crippen LogP contribution is 2.27. The van der Waals surface area contributed by atoms with Crippen LogP contribution in [0.1, 0.15) is 12.5 Å². The van der Waals surface area contributed by atoms with Gasteiger partial charge in [-0.2, -0.15) is 0 Å². The van der Waals surface area contributed by atoms with Crippen LogP contribution >= 0.6 is 27.5 Å². The normalized spacial score (nSPS) is 10.3. The molecule has 0 aliphatic heterocycles. The monoisotopic (exact) mass is 397 g/mol. The number of amides is 1. The molecule has 6 heteroatoms. The third kappa shape index (κ3) is 4.88. The van der Waals surface area contributed by atoms with Crippen molar-refractivity contribution in [2.45, 2.75) is 13.3 Å². The summed E-state index contributed by atoms with van der Waals surface area (Å²) in [6.07, 6.45) is 0.824. The van der Waals surface area contributed by atoms with E-state index in [9.17, 15) is 4.79 Å². The van der Waals surface area contributed by atoms with Gasteiger partial charge in [0.2, 0.25) is 0 Å². The zero-order valence-electron chi connectivity index (χ0n) is 12.9. The molecule has 0 heterocycles. The fraction of sp³-hybridized carbons (Fsp3) is 0.235. The molecule has 0 bridgehead atoms. The summed E-state index contributed by atoms with van der Waals surface area (Å²) < 4.78 is 11.7. The third-order valence-corrected chi connectivity index (χ3v) is 3.99. The van der Waals surface area contributed by atoms with Gasteiger partial charge < -0.3 is 14.8 Å². The van der Waals surface area contributed by atoms with Crippen molar-refractivity contribution in [3.05, 3.63) is 51.5 Å². The van der Waals surface area contributed by atoms with Crippen molar-refractivity contribution < 1.29 is 14.3 Å². The Morgan fingerprint density at radius 3 is 2.61 bits per heavy atom. The van der Waals surface area contributed by atoms with Crippen LogP contribution in [-0.2, 0) is 11.2 Å². The molecule has 4 nitrogen and oxygen atoms in total. The van der Waals surface area contributed by atoms with E-state index in [-0.39, 0.29) is 12.5 Å². The van der Waals surface area contributed by atoms with Gasteiger partial charge in [-0.05, 0) is 48.4 Å². The molecule has 122 valence electrons. The zero-order chi connectivity index (χ0) is 16.8. The van der Waals surface area contributed by atoms with E-state index >= 15 is 0 Å². The van der Waals surface area contributed by atoms with Crippen LogP contribution in [0.4, 0.5) is 5.69 Å². The lowest BCUT2D eigenvalue weighted by atomic mass is 10.1. The van der Waals surface area contributed by atoms with Crippen molar-refractivity contribution in [2.75, 3.05) is 19.0 Å². The maximum atomic E-state index is 12.0. The van der Waals surface area contributed by atoms with Crippen molar-refractivity contribution >= 4 is 39.1 Å². The highest BCUT2D eigenvalue weighted by atomic mass is 79.9. The molecule has 0 aliphatic carbocycles. The van der Waals surface area contributed by atoms with E-state index in [0.717, 1.165) is 16.5 Å². The Kier molecular flexibility index (Phi) is 6.30. The van der Waals surface area contributed by atoms with Gasteiger partial charge in [0.15, 0.2) is 6.61 Å². The van der Waals surface area contributed by atoms with Crippen LogP contribution in [-0.4, -0.2) is 19.6 Å². The van der Waals surface area contributed by atoms with E-state index in [1.54, 1.807) is 18.2 Å². The van der Waals surface area contributed by atoms with Gasteiger partial charge in [-0.25, -0.2) is 0 Å². The van der Waals surface area contributed by atoms with Crippen LogP contribution in [0.3, 0.4) is 0 Å². The average Bonchev–Trinajstić information content (AvgIpc) is 2.53. The predicted molar refractivity (Wildman–Crippen MR) is 95.6 cm³/mol. The maximum absolute atomic E-state index is 12.0. The Labute approximate surface area is 148 Å². The maximum Gasteiger partial charge on any atom is 0.262 e. The summed E-state index contributed by atoms with van der Waals surface area (Å²) in [6, 6.07) is 10.8. The van der Waals surface area contributed by atoms with E-state index in [4.69, 9.17) is 21.1 Å². The molecule has 0 atom stereocenters. The van der Waals surface area contributed by atoms with Crippen LogP contribution in [0, 0.1) is 0 Å². The van der Waals surface area contributed by atoms with Crippen molar-refractivity contribution in [3.8, 4) is 11.5 Å². The number of methoxy groups -OCH3 is 1. The molecule has 2 aromatic carbocycles. The van der Waals surface area contributed by atoms with Gasteiger partial charge >= 0.3 is 0 Å². The molecule has 0 saturated heterocycles. The topological polar surface area (TPSA) is 47.6 Å². The standard InChI is InChI=1S/C17H17BrClNO3/c1-3-11-8-12(18)4-6-15(11)23-10-17(21)20-13-5-7-16(22-2)14(19)9-13/h4-9H,3,10H2,1-2H3,(H,20,21). The fourth-order valence-electron chi connectivity index (χ4n) is 2.05. The predicted octanol–water partition coefficient (Wildman–Crippen LogP) is 4.69. The number of halogens is 2. The summed E-state index contributed by atoms with van der Waals surface area (Å²) in [5.41, 5.74) is 1.63. The quantitative estimate of drug-likeness (QED) is 0.768. The van der Waals surface area contributed by atoms with Gasteiger partial charge in [-0.15, -0.1) is 0 Å². The molecule has 0 radical (unpaired) electrons. The van der Waals surface area contributed by atoms with E-state index < -0.39 is 0 Å². The molecule has 0 fully saturated rings. The Hall–Kier alpha value is -1.72. The molecular formula is C17H17BrClNO3. The summed E-state index contributed by atoms with van der Waals surface area (Å²) in [6.45, 7) is 1.96. The summed E-state index contributed by atoms with van der Waals surface area (Å²) in [4.78, 5) is 12.0. The van der Waals surface area contributed by atoms with Crippen LogP contribution in [0.2, 0.25) is 5.02 Å². The van der Waals surface area contributed by atoms with E-state index in [2.05, 4.69) is 21.2 Å². The lowest BCUT2D eigenvalue weighted by molar-refractivity contribution is -0.118. The first-order chi connectivity index (χ1) is 11.0. The number of nitrogens with one attached hydrogen (secondary N) is 1. The summed E-state index contributed by atoms with van der Waals surface area (Å²) in [5.74, 6) is 1.01. The molecule has 0 aliphatic rings. The van der Waals surface area contributed by atoms with Gasteiger partial charge in [0.1, 0.15) is 11.5 Å². The van der Waals surface area contributed by atoms with Crippen LogP contribution in [0.15, 0.2) is 40.9 Å². The molecule has 23 heavy (non-hydrogen) atoms. The van der Waals surface area contributed by atoms with Crippen LogP contribution in [0.25, 0.3) is 0 Å². The highest BCUT2D eigenvalue weighted by molar-refractivity contribution is 9.10. The second kappa shape index (κ2) is 8.22. The molecule has 0 aromatic heterocycles. The minimum atomic E-state index is -0.254. The van der Waals surface area contributed by atoms with Gasteiger partial charge in [0.25, 0.3) is 5.91 Å². The molecule has 1 amide bonds. The Morgan fingerprint density at radius 2 is 1.96 bits per heavy atom. The number of carbonyl (C=O) groups is 1. The van der Waals surface area contributed by atoms with Crippen molar-refractivity contribution in [1.29, 1.82) is 0 Å². The van der Waals surface area contributed by atoms with Crippen molar-refractivity contribution in [1.82, 2.24) is 0 Å². The Bertz CT molecular complexity index is 706. The lowest BCUT2D eigenvalue weighted by Gasteiger charge is -2.12. The number of aryl methyl sites for hydroxylation is 1. The molecule has 2 aromatic rings. The first-order valence-electron chi connectivity index (χ1n) is 7.08. The van der Waals surface area contributed by atoms with E-state index in [0.29, 0.717) is 22.2 Å². The number of hydrogen-bond donors (Lipinski definition) is 1. The molecule has 0 saturated carbocycles. The Morgan fingerprint density at radius 1 is 1.22 bits per heavy atom.